The molecule has 2 fully saturated rings. The zero-order chi connectivity index (χ0) is 26.4. The van der Waals surface area contributed by atoms with Crippen molar-refractivity contribution in [3.8, 4) is 0 Å². The number of Topliss-reactive ketones (excluding diaryl/α,β-unsaturated/α-hetero) is 4. The van der Waals surface area contributed by atoms with Crippen LogP contribution in [0.2, 0.25) is 20.1 Å². The highest BCUT2D eigenvalue weighted by Gasteiger charge is 2.35. The van der Waals surface area contributed by atoms with Gasteiger partial charge in [-0.2, -0.15) is 0 Å². The third-order valence-corrected chi connectivity index (χ3v) is 6.70. The predicted octanol–water partition coefficient (Wildman–Crippen LogP) is 7.62. The van der Waals surface area contributed by atoms with Crippen molar-refractivity contribution in [1.82, 2.24) is 0 Å². The Balaban J connectivity index is 0.000000205. The Kier molecular flexibility index (Phi) is 10.1. The Labute approximate surface area is 229 Å². The van der Waals surface area contributed by atoms with Crippen LogP contribution in [0.25, 0.3) is 0 Å². The molecule has 0 atom stereocenters. The van der Waals surface area contributed by atoms with E-state index in [2.05, 4.69) is 0 Å². The van der Waals surface area contributed by atoms with Crippen LogP contribution in [0, 0.1) is 11.8 Å². The van der Waals surface area contributed by atoms with Gasteiger partial charge < -0.3 is 4.74 Å². The van der Waals surface area contributed by atoms with E-state index >= 15 is 0 Å². The standard InChI is InChI=1S/C15H14Cl2O3.C12H10Cl2O2/c1-2-20-8-12(14(18)9-3-4-9)15(19)11-6-5-10(16)7-13(11)17;13-8-3-4-9(10(14)5-8)12(16)6-11(15)7-1-2-7/h5-9H,2-4H2,1H3;3-5,7H,1-2,6H2. The minimum atomic E-state index is -0.419. The molecule has 0 aliphatic heterocycles. The number of ether oxygens (including phenoxy) is 1. The monoisotopic (exact) mass is 568 g/mol. The van der Waals surface area contributed by atoms with Crippen molar-refractivity contribution < 1.29 is 23.9 Å². The number of rotatable bonds is 10. The van der Waals surface area contributed by atoms with Gasteiger partial charge in [0.25, 0.3) is 0 Å². The van der Waals surface area contributed by atoms with Gasteiger partial charge >= 0.3 is 0 Å². The molecule has 190 valence electrons. The first-order valence-corrected chi connectivity index (χ1v) is 13.0. The molecule has 2 aliphatic carbocycles. The van der Waals surface area contributed by atoms with Crippen LogP contribution in [-0.2, 0) is 14.3 Å². The van der Waals surface area contributed by atoms with Crippen molar-refractivity contribution >= 4 is 69.5 Å². The number of carbonyl (C=O) groups is 4. The van der Waals surface area contributed by atoms with Crippen LogP contribution in [0.3, 0.4) is 0 Å². The summed E-state index contributed by atoms with van der Waals surface area (Å²) in [6.07, 6.45) is 4.68. The normalized spacial score (nSPS) is 15.0. The molecule has 0 saturated heterocycles. The molecule has 36 heavy (non-hydrogen) atoms. The fourth-order valence-electron chi connectivity index (χ4n) is 3.29. The number of carbonyl (C=O) groups excluding carboxylic acids is 4. The number of benzene rings is 2. The van der Waals surface area contributed by atoms with Crippen LogP contribution in [0.5, 0.6) is 0 Å². The quantitative estimate of drug-likeness (QED) is 0.0966. The van der Waals surface area contributed by atoms with E-state index in [0.29, 0.717) is 27.2 Å². The first kappa shape index (κ1) is 28.4. The van der Waals surface area contributed by atoms with Crippen molar-refractivity contribution in [2.75, 3.05) is 6.61 Å². The molecule has 0 heterocycles. The Bertz CT molecular complexity index is 1210. The minimum absolute atomic E-state index is 0.0241. The lowest BCUT2D eigenvalue weighted by Crippen LogP contribution is -2.16. The van der Waals surface area contributed by atoms with Gasteiger partial charge in [0, 0.05) is 33.0 Å². The van der Waals surface area contributed by atoms with Crippen molar-refractivity contribution in [2.45, 2.75) is 39.0 Å². The summed E-state index contributed by atoms with van der Waals surface area (Å²) in [5.41, 5.74) is 0.689. The fourth-order valence-corrected chi connectivity index (χ4v) is 4.30. The summed E-state index contributed by atoms with van der Waals surface area (Å²) in [6, 6.07) is 9.25. The zero-order valence-electron chi connectivity index (χ0n) is 19.5. The zero-order valence-corrected chi connectivity index (χ0v) is 22.5. The molecule has 0 radical (unpaired) electrons. The summed E-state index contributed by atoms with van der Waals surface area (Å²) >= 11 is 23.4. The van der Waals surface area contributed by atoms with Crippen LogP contribution < -0.4 is 0 Å². The van der Waals surface area contributed by atoms with Gasteiger partial charge in [0.15, 0.2) is 11.6 Å². The summed E-state index contributed by atoms with van der Waals surface area (Å²) in [5.74, 6) is -0.743. The second kappa shape index (κ2) is 12.9. The highest BCUT2D eigenvalue weighted by atomic mass is 35.5. The van der Waals surface area contributed by atoms with Crippen LogP contribution in [-0.4, -0.2) is 29.7 Å². The Morgan fingerprint density at radius 1 is 0.833 bits per heavy atom. The summed E-state index contributed by atoms with van der Waals surface area (Å²) in [6.45, 7) is 2.18. The topological polar surface area (TPSA) is 77.5 Å². The average Bonchev–Trinajstić information content (AvgIpc) is 3.72. The third-order valence-electron chi connectivity index (χ3n) is 5.60. The Morgan fingerprint density at radius 3 is 1.83 bits per heavy atom. The van der Waals surface area contributed by atoms with E-state index in [1.54, 1.807) is 25.1 Å². The summed E-state index contributed by atoms with van der Waals surface area (Å²) < 4.78 is 5.13. The van der Waals surface area contributed by atoms with E-state index in [0.717, 1.165) is 25.7 Å². The van der Waals surface area contributed by atoms with E-state index < -0.39 is 5.78 Å². The minimum Gasteiger partial charge on any atom is -0.501 e. The molecule has 2 saturated carbocycles. The summed E-state index contributed by atoms with van der Waals surface area (Å²) in [4.78, 5) is 47.9. The first-order valence-electron chi connectivity index (χ1n) is 11.5. The molecule has 0 spiro atoms. The molecule has 2 aromatic rings. The second-order valence-corrected chi connectivity index (χ2v) is 10.2. The molecule has 9 heteroatoms. The van der Waals surface area contributed by atoms with Gasteiger partial charge in [-0.1, -0.05) is 46.4 Å². The molecule has 0 N–H and O–H groups in total. The van der Waals surface area contributed by atoms with Crippen LogP contribution in [0.4, 0.5) is 0 Å². The Morgan fingerprint density at radius 2 is 1.36 bits per heavy atom. The lowest BCUT2D eigenvalue weighted by molar-refractivity contribution is -0.119. The number of allylic oxidation sites excluding steroid dienone is 1. The molecular formula is C27H24Cl4O5. The molecule has 2 aromatic carbocycles. The van der Waals surface area contributed by atoms with E-state index in [-0.39, 0.29) is 51.8 Å². The van der Waals surface area contributed by atoms with Crippen molar-refractivity contribution in [1.29, 1.82) is 0 Å². The predicted molar refractivity (Wildman–Crippen MR) is 141 cm³/mol. The fraction of sp³-hybridized carbons (Fsp3) is 0.333. The summed E-state index contributed by atoms with van der Waals surface area (Å²) in [7, 11) is 0. The molecule has 0 bridgehead atoms. The lowest BCUT2D eigenvalue weighted by atomic mass is 9.98. The largest absolute Gasteiger partial charge is 0.501 e. The number of ketones is 4. The number of hydrogen-bond acceptors (Lipinski definition) is 5. The lowest BCUT2D eigenvalue weighted by Gasteiger charge is -2.07. The Hall–Kier alpha value is -2.18. The van der Waals surface area contributed by atoms with Crippen LogP contribution in [0.15, 0.2) is 48.2 Å². The maximum Gasteiger partial charge on any atom is 0.201 e. The van der Waals surface area contributed by atoms with Gasteiger partial charge in [-0.3, -0.25) is 19.2 Å². The van der Waals surface area contributed by atoms with Crippen molar-refractivity contribution in [2.24, 2.45) is 11.8 Å². The van der Waals surface area contributed by atoms with Crippen LogP contribution >= 0.6 is 46.4 Å². The smallest absolute Gasteiger partial charge is 0.201 e. The van der Waals surface area contributed by atoms with Crippen molar-refractivity contribution in [3.05, 3.63) is 79.5 Å². The van der Waals surface area contributed by atoms with E-state index in [4.69, 9.17) is 51.1 Å². The molecule has 4 rings (SSSR count). The molecule has 0 unspecified atom stereocenters. The van der Waals surface area contributed by atoms with Gasteiger partial charge in [0.1, 0.15) is 11.4 Å². The highest BCUT2D eigenvalue weighted by molar-refractivity contribution is 6.39. The van der Waals surface area contributed by atoms with E-state index in [1.807, 2.05) is 0 Å². The third kappa shape index (κ3) is 7.91. The number of hydrogen-bond donors (Lipinski definition) is 0. The van der Waals surface area contributed by atoms with E-state index in [9.17, 15) is 19.2 Å². The van der Waals surface area contributed by atoms with E-state index in [1.165, 1.54) is 24.5 Å². The average molecular weight is 570 g/mol. The first-order chi connectivity index (χ1) is 17.1. The molecule has 0 amide bonds. The molecule has 0 aromatic heterocycles. The molecule has 2 aliphatic rings. The van der Waals surface area contributed by atoms with Crippen LogP contribution in [0.1, 0.15) is 59.7 Å². The molecular weight excluding hydrogens is 546 g/mol. The summed E-state index contributed by atoms with van der Waals surface area (Å²) in [5, 5.41) is 1.46. The van der Waals surface area contributed by atoms with Gasteiger partial charge in [-0.25, -0.2) is 0 Å². The van der Waals surface area contributed by atoms with Gasteiger partial charge in [0.2, 0.25) is 5.78 Å². The van der Waals surface area contributed by atoms with Gasteiger partial charge in [0.05, 0.1) is 29.3 Å². The van der Waals surface area contributed by atoms with Crippen molar-refractivity contribution in [3.63, 3.8) is 0 Å². The second-order valence-electron chi connectivity index (χ2n) is 8.54. The maximum absolute atomic E-state index is 12.5. The maximum atomic E-state index is 12.5. The number of halogens is 4. The highest BCUT2D eigenvalue weighted by Crippen LogP contribution is 2.34. The van der Waals surface area contributed by atoms with Gasteiger partial charge in [-0.05, 0) is 69.0 Å². The molecule has 5 nitrogen and oxygen atoms in total. The SMILES string of the molecule is CCOC=C(C(=O)c1ccc(Cl)cc1Cl)C(=O)C1CC1.O=C(CC(=O)C1CC1)c1ccc(Cl)cc1Cl. The van der Waals surface area contributed by atoms with Gasteiger partial charge in [-0.15, -0.1) is 0 Å².